The monoisotopic (exact) mass is 355 g/mol. The van der Waals surface area contributed by atoms with Gasteiger partial charge in [-0.15, -0.1) is 0 Å². The Hall–Kier alpha value is -2.51. The fourth-order valence-electron chi connectivity index (χ4n) is 2.89. The topological polar surface area (TPSA) is 79.4 Å². The minimum atomic E-state index is -0.352. The second kappa shape index (κ2) is 9.84. The fourth-order valence-corrected chi connectivity index (χ4v) is 2.89. The van der Waals surface area contributed by atoms with Gasteiger partial charge in [0.2, 0.25) is 0 Å². The molecular weight excluding hydrogens is 330 g/mol. The van der Waals surface area contributed by atoms with E-state index < -0.39 is 0 Å². The first kappa shape index (κ1) is 18.3. The van der Waals surface area contributed by atoms with Crippen LogP contribution in [-0.2, 0) is 17.8 Å². The molecule has 3 heterocycles. The van der Waals surface area contributed by atoms with Crippen LogP contribution in [0.5, 0.6) is 0 Å². The Morgan fingerprint density at radius 1 is 1.15 bits per heavy atom. The van der Waals surface area contributed by atoms with Crippen LogP contribution in [-0.4, -0.2) is 53.2 Å². The highest BCUT2D eigenvalue weighted by Crippen LogP contribution is 2.06. The molecule has 1 aliphatic rings. The summed E-state index contributed by atoms with van der Waals surface area (Å²) in [6.45, 7) is 4.23. The molecule has 1 atom stereocenters. The Balaban J connectivity index is 1.50. The zero-order chi connectivity index (χ0) is 18.0. The van der Waals surface area contributed by atoms with E-state index in [1.165, 1.54) is 0 Å². The lowest BCUT2D eigenvalue weighted by Crippen LogP contribution is -2.36. The molecule has 3 rings (SSSR count). The number of pyridine rings is 2. The lowest BCUT2D eigenvalue weighted by molar-refractivity contribution is 0.106. The summed E-state index contributed by atoms with van der Waals surface area (Å²) in [5.74, 6) is 0. The number of rotatable bonds is 8. The van der Waals surface area contributed by atoms with Crippen molar-refractivity contribution in [2.45, 2.75) is 25.6 Å². The molecule has 1 saturated heterocycles. The van der Waals surface area contributed by atoms with Gasteiger partial charge < -0.3 is 15.4 Å². The number of hydrogen-bond donors (Lipinski definition) is 2. The molecule has 7 heteroatoms. The molecule has 0 aromatic carbocycles. The van der Waals surface area contributed by atoms with Crippen LogP contribution in [0.25, 0.3) is 0 Å². The third-order valence-corrected chi connectivity index (χ3v) is 4.21. The van der Waals surface area contributed by atoms with Crippen LogP contribution in [0.4, 0.5) is 4.79 Å². The Morgan fingerprint density at radius 3 is 2.38 bits per heavy atom. The Morgan fingerprint density at radius 2 is 1.85 bits per heavy atom. The smallest absolute Gasteiger partial charge is 0.407 e. The van der Waals surface area contributed by atoms with Crippen LogP contribution in [0, 0.1) is 0 Å². The second-order valence-electron chi connectivity index (χ2n) is 6.30. The predicted octanol–water partition coefficient (Wildman–Crippen LogP) is 1.57. The minimum absolute atomic E-state index is 0.0202. The van der Waals surface area contributed by atoms with Gasteiger partial charge in [0, 0.05) is 45.1 Å². The minimum Gasteiger partial charge on any atom is -0.445 e. The van der Waals surface area contributed by atoms with E-state index in [-0.39, 0.29) is 12.2 Å². The largest absolute Gasteiger partial charge is 0.445 e. The van der Waals surface area contributed by atoms with Gasteiger partial charge in [-0.2, -0.15) is 0 Å². The average Bonchev–Trinajstić information content (AvgIpc) is 3.16. The van der Waals surface area contributed by atoms with Crippen LogP contribution in [0.15, 0.2) is 48.8 Å². The van der Waals surface area contributed by atoms with Crippen molar-refractivity contribution in [3.8, 4) is 0 Å². The zero-order valence-electron chi connectivity index (χ0n) is 14.8. The van der Waals surface area contributed by atoms with Crippen molar-refractivity contribution in [3.63, 3.8) is 0 Å². The average molecular weight is 355 g/mol. The number of ether oxygens (including phenoxy) is 1. The van der Waals surface area contributed by atoms with Gasteiger partial charge in [0.05, 0.1) is 11.4 Å². The maximum Gasteiger partial charge on any atom is 0.407 e. The highest BCUT2D eigenvalue weighted by atomic mass is 16.6. The molecule has 26 heavy (non-hydrogen) atoms. The molecule has 1 fully saturated rings. The number of carbonyl (C=O) groups excluding carboxylic acids is 1. The molecule has 0 aliphatic carbocycles. The van der Waals surface area contributed by atoms with Gasteiger partial charge in [-0.3, -0.25) is 14.9 Å². The maximum atomic E-state index is 11.9. The first-order chi connectivity index (χ1) is 12.8. The molecule has 0 saturated carbocycles. The quantitative estimate of drug-likeness (QED) is 0.748. The van der Waals surface area contributed by atoms with Crippen molar-refractivity contribution in [3.05, 3.63) is 60.2 Å². The first-order valence-electron chi connectivity index (χ1n) is 8.97. The Kier molecular flexibility index (Phi) is 6.92. The van der Waals surface area contributed by atoms with Gasteiger partial charge in [0.1, 0.15) is 6.10 Å². The van der Waals surface area contributed by atoms with Crippen molar-refractivity contribution < 1.29 is 9.53 Å². The molecule has 7 nitrogen and oxygen atoms in total. The van der Waals surface area contributed by atoms with E-state index in [0.717, 1.165) is 30.9 Å². The summed E-state index contributed by atoms with van der Waals surface area (Å²) in [5.41, 5.74) is 1.98. The van der Waals surface area contributed by atoms with Crippen LogP contribution < -0.4 is 10.6 Å². The zero-order valence-corrected chi connectivity index (χ0v) is 14.8. The van der Waals surface area contributed by atoms with E-state index in [1.54, 1.807) is 12.4 Å². The van der Waals surface area contributed by atoms with E-state index in [1.807, 2.05) is 36.4 Å². The van der Waals surface area contributed by atoms with Gasteiger partial charge in [0.25, 0.3) is 0 Å². The Labute approximate surface area is 153 Å². The number of nitrogens with one attached hydrogen (secondary N) is 2. The highest BCUT2D eigenvalue weighted by molar-refractivity contribution is 5.67. The SMILES string of the molecule is O=C(NCCN(Cc1ccccn1)Cc1ccccn1)OC1CCNC1. The number of amides is 1. The number of hydrogen-bond acceptors (Lipinski definition) is 6. The molecule has 0 spiro atoms. The van der Waals surface area contributed by atoms with E-state index in [4.69, 9.17) is 4.74 Å². The molecule has 1 unspecified atom stereocenters. The van der Waals surface area contributed by atoms with Crippen molar-refractivity contribution in [2.75, 3.05) is 26.2 Å². The fraction of sp³-hybridized carbons (Fsp3) is 0.421. The summed E-state index contributed by atoms with van der Waals surface area (Å²) in [4.78, 5) is 22.9. The molecule has 138 valence electrons. The lowest BCUT2D eigenvalue weighted by atomic mass is 10.3. The lowest BCUT2D eigenvalue weighted by Gasteiger charge is -2.22. The first-order valence-corrected chi connectivity index (χ1v) is 8.97. The van der Waals surface area contributed by atoms with Gasteiger partial charge in [-0.25, -0.2) is 4.79 Å². The van der Waals surface area contributed by atoms with Crippen LogP contribution in [0.2, 0.25) is 0 Å². The standard InChI is InChI=1S/C19H25N5O2/c25-19(26-18-7-10-20-13-18)23-11-12-24(14-16-5-1-3-8-21-16)15-17-6-2-4-9-22-17/h1-6,8-9,18,20H,7,10-15H2,(H,23,25). The van der Waals surface area contributed by atoms with Crippen molar-refractivity contribution >= 4 is 6.09 Å². The summed E-state index contributed by atoms with van der Waals surface area (Å²) >= 11 is 0. The summed E-state index contributed by atoms with van der Waals surface area (Å²) in [6, 6.07) is 11.8. The molecule has 2 aromatic rings. The van der Waals surface area contributed by atoms with Crippen molar-refractivity contribution in [1.82, 2.24) is 25.5 Å². The molecule has 0 radical (unpaired) electrons. The van der Waals surface area contributed by atoms with Gasteiger partial charge in [0.15, 0.2) is 0 Å². The van der Waals surface area contributed by atoms with Gasteiger partial charge >= 0.3 is 6.09 Å². The van der Waals surface area contributed by atoms with Gasteiger partial charge in [-0.05, 0) is 37.2 Å². The maximum absolute atomic E-state index is 11.9. The molecular formula is C19H25N5O2. The van der Waals surface area contributed by atoms with Gasteiger partial charge in [-0.1, -0.05) is 12.1 Å². The van der Waals surface area contributed by atoms with Crippen LogP contribution in [0.1, 0.15) is 17.8 Å². The van der Waals surface area contributed by atoms with E-state index in [9.17, 15) is 4.79 Å². The Bertz CT molecular complexity index is 621. The van der Waals surface area contributed by atoms with E-state index in [2.05, 4.69) is 25.5 Å². The van der Waals surface area contributed by atoms with Crippen molar-refractivity contribution in [2.24, 2.45) is 0 Å². The summed E-state index contributed by atoms with van der Waals surface area (Å²) in [6.07, 6.45) is 4.08. The third kappa shape index (κ3) is 6.09. The second-order valence-corrected chi connectivity index (χ2v) is 6.30. The molecule has 1 aliphatic heterocycles. The number of alkyl carbamates (subject to hydrolysis) is 1. The van der Waals surface area contributed by atoms with Crippen LogP contribution >= 0.6 is 0 Å². The molecule has 2 N–H and O–H groups in total. The number of carbonyl (C=O) groups is 1. The normalized spacial score (nSPS) is 16.6. The summed E-state index contributed by atoms with van der Waals surface area (Å²) in [7, 11) is 0. The highest BCUT2D eigenvalue weighted by Gasteiger charge is 2.18. The van der Waals surface area contributed by atoms with Crippen molar-refractivity contribution in [1.29, 1.82) is 0 Å². The van der Waals surface area contributed by atoms with E-state index >= 15 is 0 Å². The molecule has 1 amide bonds. The molecule has 2 aromatic heterocycles. The summed E-state index contributed by atoms with van der Waals surface area (Å²) < 4.78 is 5.37. The van der Waals surface area contributed by atoms with E-state index in [0.29, 0.717) is 26.2 Å². The summed E-state index contributed by atoms with van der Waals surface area (Å²) in [5, 5.41) is 6.02. The predicted molar refractivity (Wildman–Crippen MR) is 98.3 cm³/mol. The number of nitrogens with zero attached hydrogens (tertiary/aromatic N) is 3. The number of aromatic nitrogens is 2. The third-order valence-electron chi connectivity index (χ3n) is 4.21. The van der Waals surface area contributed by atoms with Crippen LogP contribution in [0.3, 0.4) is 0 Å². The molecule has 0 bridgehead atoms.